The van der Waals surface area contributed by atoms with Crippen molar-refractivity contribution >= 4 is 19.0 Å². The lowest BCUT2D eigenvalue weighted by Crippen LogP contribution is -2.22. The van der Waals surface area contributed by atoms with Crippen LogP contribution in [0.15, 0.2) is 42.9 Å². The first-order chi connectivity index (χ1) is 10.5. The number of rotatable bonds is 6. The first-order valence-corrected chi connectivity index (χ1v) is 11.4. The number of nitrogens with one attached hydrogen (secondary N) is 1. The first-order valence-electron chi connectivity index (χ1n) is 7.70. The summed E-state index contributed by atoms with van der Waals surface area (Å²) in [4.78, 5) is 7.81. The molecule has 0 aliphatic heterocycles. The summed E-state index contributed by atoms with van der Waals surface area (Å²) in [6.07, 6.45) is 5.83. The zero-order valence-electron chi connectivity index (χ0n) is 13.5. The van der Waals surface area contributed by atoms with Gasteiger partial charge in [-0.15, -0.1) is 0 Å². The monoisotopic (exact) mass is 313 g/mol. The molecule has 116 valence electrons. The summed E-state index contributed by atoms with van der Waals surface area (Å²) in [7, 11) is -1.04. The molecule has 0 fully saturated rings. The van der Waals surface area contributed by atoms with Gasteiger partial charge >= 0.3 is 0 Å². The second kappa shape index (κ2) is 6.10. The molecule has 1 N–H and O–H groups in total. The first kappa shape index (κ1) is 15.1. The summed E-state index contributed by atoms with van der Waals surface area (Å²) >= 11 is 0. The number of para-hydroxylation sites is 1. The molecule has 0 saturated heterocycles. The highest BCUT2D eigenvalue weighted by Crippen LogP contribution is 2.27. The SMILES string of the molecule is C[Si](C)(C)CCOCn1ccnc1-c1c[nH]c2ccccc12. The van der Waals surface area contributed by atoms with Crippen LogP contribution < -0.4 is 0 Å². The Balaban J connectivity index is 1.75. The van der Waals surface area contributed by atoms with Crippen molar-refractivity contribution in [2.75, 3.05) is 6.61 Å². The van der Waals surface area contributed by atoms with Gasteiger partial charge in [0.1, 0.15) is 12.6 Å². The van der Waals surface area contributed by atoms with Crippen LogP contribution in [-0.2, 0) is 11.5 Å². The van der Waals surface area contributed by atoms with E-state index in [0.717, 1.165) is 23.5 Å². The van der Waals surface area contributed by atoms with Crippen molar-refractivity contribution in [2.45, 2.75) is 32.4 Å². The number of nitrogens with zero attached hydrogens (tertiary/aromatic N) is 2. The van der Waals surface area contributed by atoms with E-state index in [1.54, 1.807) is 0 Å². The van der Waals surface area contributed by atoms with Crippen LogP contribution in [0.4, 0.5) is 0 Å². The molecule has 0 radical (unpaired) electrons. The molecule has 3 aromatic rings. The average Bonchev–Trinajstić information content (AvgIpc) is 3.08. The third kappa shape index (κ3) is 3.31. The van der Waals surface area contributed by atoms with E-state index in [4.69, 9.17) is 4.74 Å². The fourth-order valence-corrected chi connectivity index (χ4v) is 3.21. The van der Waals surface area contributed by atoms with Gasteiger partial charge in [-0.3, -0.25) is 0 Å². The van der Waals surface area contributed by atoms with Crippen LogP contribution in [0.3, 0.4) is 0 Å². The van der Waals surface area contributed by atoms with Crippen LogP contribution in [0, 0.1) is 0 Å². The van der Waals surface area contributed by atoms with Crippen LogP contribution in [0.2, 0.25) is 25.7 Å². The molecule has 0 saturated carbocycles. The summed E-state index contributed by atoms with van der Waals surface area (Å²) in [6.45, 7) is 8.47. The highest BCUT2D eigenvalue weighted by molar-refractivity contribution is 6.76. The molecule has 0 spiro atoms. The summed E-state index contributed by atoms with van der Waals surface area (Å²) < 4.78 is 7.92. The van der Waals surface area contributed by atoms with Gasteiger partial charge in [-0.2, -0.15) is 0 Å². The van der Waals surface area contributed by atoms with Gasteiger partial charge in [-0.05, 0) is 12.1 Å². The molecular weight excluding hydrogens is 290 g/mol. The van der Waals surface area contributed by atoms with Crippen molar-refractivity contribution in [3.8, 4) is 11.4 Å². The molecule has 22 heavy (non-hydrogen) atoms. The van der Waals surface area contributed by atoms with Crippen LogP contribution in [0.25, 0.3) is 22.3 Å². The zero-order valence-corrected chi connectivity index (χ0v) is 14.5. The fraction of sp³-hybridized carbons (Fsp3) is 0.353. The molecule has 2 heterocycles. The van der Waals surface area contributed by atoms with E-state index in [0.29, 0.717) is 6.73 Å². The Labute approximate surface area is 132 Å². The summed E-state index contributed by atoms with van der Waals surface area (Å²) in [5.41, 5.74) is 2.25. The van der Waals surface area contributed by atoms with Crippen molar-refractivity contribution in [1.29, 1.82) is 0 Å². The highest BCUT2D eigenvalue weighted by Gasteiger charge is 2.13. The van der Waals surface area contributed by atoms with Crippen molar-refractivity contribution in [3.05, 3.63) is 42.9 Å². The van der Waals surface area contributed by atoms with Gasteiger partial charge < -0.3 is 14.3 Å². The van der Waals surface area contributed by atoms with Crippen LogP contribution in [0.1, 0.15) is 0 Å². The quantitative estimate of drug-likeness (QED) is 0.543. The minimum Gasteiger partial charge on any atom is -0.361 e. The molecule has 0 unspecified atom stereocenters. The van der Waals surface area contributed by atoms with Crippen LogP contribution in [-0.4, -0.2) is 29.2 Å². The lowest BCUT2D eigenvalue weighted by Gasteiger charge is -2.16. The standard InChI is InChI=1S/C17H23N3OSi/c1-22(2,3)11-10-21-13-20-9-8-18-17(20)15-12-19-16-7-5-4-6-14(15)16/h4-9,12,19H,10-11,13H2,1-3H3. The molecule has 0 atom stereocenters. The number of ether oxygens (including phenoxy) is 1. The second-order valence-electron chi connectivity index (χ2n) is 6.82. The molecule has 0 amide bonds. The second-order valence-corrected chi connectivity index (χ2v) is 12.4. The normalized spacial score (nSPS) is 12.1. The zero-order chi connectivity index (χ0) is 15.6. The minimum atomic E-state index is -1.04. The Morgan fingerprint density at radius 1 is 1.23 bits per heavy atom. The maximum Gasteiger partial charge on any atom is 0.143 e. The maximum absolute atomic E-state index is 5.85. The number of hydrogen-bond acceptors (Lipinski definition) is 2. The molecule has 1 aromatic carbocycles. The summed E-state index contributed by atoms with van der Waals surface area (Å²) in [5.74, 6) is 0.949. The predicted octanol–water partition coefficient (Wildman–Crippen LogP) is 4.34. The Kier molecular flexibility index (Phi) is 4.18. The van der Waals surface area contributed by atoms with Gasteiger partial charge in [0.15, 0.2) is 0 Å². The topological polar surface area (TPSA) is 42.8 Å². The molecule has 0 aliphatic carbocycles. The number of fused-ring (bicyclic) bond motifs is 1. The highest BCUT2D eigenvalue weighted by atomic mass is 28.3. The molecule has 5 heteroatoms. The van der Waals surface area contributed by atoms with Gasteiger partial charge in [0.05, 0.1) is 0 Å². The van der Waals surface area contributed by atoms with Crippen LogP contribution in [0.5, 0.6) is 0 Å². The van der Waals surface area contributed by atoms with E-state index in [-0.39, 0.29) is 0 Å². The van der Waals surface area contributed by atoms with Gasteiger partial charge in [0.2, 0.25) is 0 Å². The minimum absolute atomic E-state index is 0.555. The van der Waals surface area contributed by atoms with Crippen LogP contribution >= 0.6 is 0 Å². The molecule has 3 rings (SSSR count). The van der Waals surface area contributed by atoms with E-state index in [1.807, 2.05) is 24.7 Å². The lowest BCUT2D eigenvalue weighted by atomic mass is 10.1. The number of aromatic nitrogens is 3. The van der Waals surface area contributed by atoms with Gasteiger partial charge in [0, 0.05) is 49.7 Å². The lowest BCUT2D eigenvalue weighted by molar-refractivity contribution is 0.0883. The van der Waals surface area contributed by atoms with Crippen molar-refractivity contribution < 1.29 is 4.74 Å². The Morgan fingerprint density at radius 2 is 2.05 bits per heavy atom. The van der Waals surface area contributed by atoms with Gasteiger partial charge in [-0.1, -0.05) is 37.8 Å². The molecule has 2 aromatic heterocycles. The molecule has 4 nitrogen and oxygen atoms in total. The van der Waals surface area contributed by atoms with E-state index < -0.39 is 8.07 Å². The number of aromatic amines is 1. The van der Waals surface area contributed by atoms with Crippen molar-refractivity contribution in [1.82, 2.24) is 14.5 Å². The molecule has 0 bridgehead atoms. The number of benzene rings is 1. The van der Waals surface area contributed by atoms with E-state index in [1.165, 1.54) is 11.4 Å². The third-order valence-electron chi connectivity index (χ3n) is 3.77. The molecule has 0 aliphatic rings. The maximum atomic E-state index is 5.85. The number of hydrogen-bond donors (Lipinski definition) is 1. The Morgan fingerprint density at radius 3 is 2.86 bits per heavy atom. The average molecular weight is 313 g/mol. The van der Waals surface area contributed by atoms with Gasteiger partial charge in [0.25, 0.3) is 0 Å². The largest absolute Gasteiger partial charge is 0.361 e. The predicted molar refractivity (Wildman–Crippen MR) is 93.6 cm³/mol. The molecular formula is C17H23N3OSi. The van der Waals surface area contributed by atoms with E-state index in [2.05, 4.69) is 52.4 Å². The van der Waals surface area contributed by atoms with E-state index >= 15 is 0 Å². The Hall–Kier alpha value is -1.85. The summed E-state index contributed by atoms with van der Waals surface area (Å²) in [5, 5.41) is 1.19. The van der Waals surface area contributed by atoms with Crippen molar-refractivity contribution in [2.24, 2.45) is 0 Å². The van der Waals surface area contributed by atoms with Gasteiger partial charge in [-0.25, -0.2) is 4.98 Å². The number of imidazole rings is 1. The third-order valence-corrected chi connectivity index (χ3v) is 5.48. The van der Waals surface area contributed by atoms with Crippen molar-refractivity contribution in [3.63, 3.8) is 0 Å². The number of H-pyrrole nitrogens is 1. The smallest absolute Gasteiger partial charge is 0.143 e. The van der Waals surface area contributed by atoms with E-state index in [9.17, 15) is 0 Å². The fourth-order valence-electron chi connectivity index (χ4n) is 2.46. The summed E-state index contributed by atoms with van der Waals surface area (Å²) in [6, 6.07) is 9.47. The Bertz CT molecular complexity index is 754.